The number of nitrogens with zero attached hydrogens (tertiary/aromatic N) is 3. The van der Waals surface area contributed by atoms with Gasteiger partial charge < -0.3 is 14.7 Å². The Morgan fingerprint density at radius 2 is 1.69 bits per heavy atom. The lowest BCUT2D eigenvalue weighted by molar-refractivity contribution is -0.128. The number of carbonyl (C=O) groups is 2. The molecule has 0 aromatic heterocycles. The van der Waals surface area contributed by atoms with Crippen molar-refractivity contribution in [1.29, 1.82) is 0 Å². The maximum absolute atomic E-state index is 13.2. The highest BCUT2D eigenvalue weighted by Gasteiger charge is 2.33. The van der Waals surface area contributed by atoms with Gasteiger partial charge in [-0.2, -0.15) is 0 Å². The molecular formula is C28H28ClN3O2S. The number of halogens is 1. The zero-order valence-corrected chi connectivity index (χ0v) is 21.3. The molecule has 1 atom stereocenters. The largest absolute Gasteiger partial charge is 0.368 e. The van der Waals surface area contributed by atoms with Gasteiger partial charge in [-0.05, 0) is 47.9 Å². The summed E-state index contributed by atoms with van der Waals surface area (Å²) in [6.07, 6.45) is 0. The molecule has 0 aliphatic carbocycles. The SMILES string of the molecule is Cc1ccc(Cl)cc1N1CCN(C(=O)c2ccc([C@@H]3SCC(=O)N3Cc3ccccc3)cc2)CC1. The molecule has 0 N–H and O–H groups in total. The number of rotatable bonds is 5. The van der Waals surface area contributed by atoms with Crippen LogP contribution < -0.4 is 4.90 Å². The summed E-state index contributed by atoms with van der Waals surface area (Å²) in [5, 5.41) is 0.699. The van der Waals surface area contributed by atoms with E-state index in [2.05, 4.69) is 11.8 Å². The van der Waals surface area contributed by atoms with Gasteiger partial charge in [-0.1, -0.05) is 60.1 Å². The number of thioether (sulfide) groups is 1. The van der Waals surface area contributed by atoms with Crippen LogP contribution in [0.1, 0.15) is 32.4 Å². The number of hydrogen-bond donors (Lipinski definition) is 0. The second-order valence-corrected chi connectivity index (χ2v) is 10.5. The minimum atomic E-state index is -0.0312. The monoisotopic (exact) mass is 505 g/mol. The Bertz CT molecular complexity index is 1210. The summed E-state index contributed by atoms with van der Waals surface area (Å²) in [6, 6.07) is 23.8. The number of carbonyl (C=O) groups excluding carboxylic acids is 2. The number of aryl methyl sites for hydroxylation is 1. The first kappa shape index (κ1) is 23.8. The number of hydrogen-bond acceptors (Lipinski definition) is 4. The highest BCUT2D eigenvalue weighted by atomic mass is 35.5. The Balaban J connectivity index is 1.23. The fourth-order valence-electron chi connectivity index (χ4n) is 4.73. The van der Waals surface area contributed by atoms with Gasteiger partial charge in [0.25, 0.3) is 5.91 Å². The lowest BCUT2D eigenvalue weighted by Crippen LogP contribution is -2.49. The predicted molar refractivity (Wildman–Crippen MR) is 143 cm³/mol. The van der Waals surface area contributed by atoms with E-state index in [0.29, 0.717) is 31.0 Å². The predicted octanol–water partition coefficient (Wildman–Crippen LogP) is 5.39. The van der Waals surface area contributed by atoms with E-state index in [0.717, 1.165) is 34.9 Å². The maximum atomic E-state index is 13.2. The molecule has 2 fully saturated rings. The van der Waals surface area contributed by atoms with Gasteiger partial charge in [-0.3, -0.25) is 9.59 Å². The molecule has 5 rings (SSSR count). The summed E-state index contributed by atoms with van der Waals surface area (Å²) in [5.74, 6) is 0.682. The van der Waals surface area contributed by atoms with E-state index in [9.17, 15) is 9.59 Å². The average Bonchev–Trinajstić information content (AvgIpc) is 3.25. The number of anilines is 1. The molecule has 180 valence electrons. The van der Waals surface area contributed by atoms with Gasteiger partial charge in [-0.25, -0.2) is 0 Å². The van der Waals surface area contributed by atoms with Gasteiger partial charge in [0, 0.05) is 49.0 Å². The molecule has 5 nitrogen and oxygen atoms in total. The van der Waals surface area contributed by atoms with Crippen LogP contribution in [0.5, 0.6) is 0 Å². The molecule has 2 heterocycles. The summed E-state index contributed by atoms with van der Waals surface area (Å²) in [5.41, 5.74) is 5.18. The fraction of sp³-hybridized carbons (Fsp3) is 0.286. The minimum absolute atomic E-state index is 0.0312. The van der Waals surface area contributed by atoms with E-state index in [-0.39, 0.29) is 17.2 Å². The number of piperazine rings is 1. The van der Waals surface area contributed by atoms with E-state index in [1.54, 1.807) is 11.8 Å². The number of benzene rings is 3. The van der Waals surface area contributed by atoms with Gasteiger partial charge in [-0.15, -0.1) is 11.8 Å². The smallest absolute Gasteiger partial charge is 0.253 e. The third-order valence-corrected chi connectivity index (χ3v) is 8.18. The van der Waals surface area contributed by atoms with E-state index in [1.807, 2.05) is 82.6 Å². The van der Waals surface area contributed by atoms with Crippen LogP contribution in [0.3, 0.4) is 0 Å². The van der Waals surface area contributed by atoms with Crippen LogP contribution in [0.4, 0.5) is 5.69 Å². The van der Waals surface area contributed by atoms with Crippen LogP contribution in [-0.4, -0.2) is 53.5 Å². The second kappa shape index (κ2) is 10.3. The van der Waals surface area contributed by atoms with Crippen LogP contribution in [-0.2, 0) is 11.3 Å². The molecule has 0 bridgehead atoms. The topological polar surface area (TPSA) is 43.9 Å². The average molecular weight is 506 g/mol. The molecule has 35 heavy (non-hydrogen) atoms. The van der Waals surface area contributed by atoms with Crippen LogP contribution in [0.25, 0.3) is 0 Å². The van der Waals surface area contributed by atoms with Crippen molar-refractivity contribution in [1.82, 2.24) is 9.80 Å². The highest BCUT2D eigenvalue weighted by molar-refractivity contribution is 8.00. The Hall–Kier alpha value is -2.96. The van der Waals surface area contributed by atoms with Crippen molar-refractivity contribution in [3.05, 3.63) is 100 Å². The molecule has 3 aromatic carbocycles. The zero-order chi connectivity index (χ0) is 24.4. The van der Waals surface area contributed by atoms with Crippen LogP contribution in [0, 0.1) is 6.92 Å². The highest BCUT2D eigenvalue weighted by Crippen LogP contribution is 2.39. The van der Waals surface area contributed by atoms with Gasteiger partial charge in [0.1, 0.15) is 5.37 Å². The van der Waals surface area contributed by atoms with Crippen molar-refractivity contribution in [3.8, 4) is 0 Å². The lowest BCUT2D eigenvalue weighted by Gasteiger charge is -2.37. The summed E-state index contributed by atoms with van der Waals surface area (Å²) < 4.78 is 0. The first-order valence-electron chi connectivity index (χ1n) is 11.8. The Labute approximate surface area is 215 Å². The first-order valence-corrected chi connectivity index (χ1v) is 13.3. The normalized spacial score (nSPS) is 18.3. The van der Waals surface area contributed by atoms with Gasteiger partial charge >= 0.3 is 0 Å². The number of amides is 2. The fourth-order valence-corrected chi connectivity index (χ4v) is 6.08. The van der Waals surface area contributed by atoms with Gasteiger partial charge in [0.2, 0.25) is 5.91 Å². The van der Waals surface area contributed by atoms with Crippen molar-refractivity contribution < 1.29 is 9.59 Å². The van der Waals surface area contributed by atoms with Crippen molar-refractivity contribution in [2.45, 2.75) is 18.8 Å². The summed E-state index contributed by atoms with van der Waals surface area (Å²) >= 11 is 7.84. The maximum Gasteiger partial charge on any atom is 0.253 e. The van der Waals surface area contributed by atoms with E-state index < -0.39 is 0 Å². The van der Waals surface area contributed by atoms with Crippen molar-refractivity contribution in [3.63, 3.8) is 0 Å². The first-order chi connectivity index (χ1) is 17.0. The summed E-state index contributed by atoms with van der Waals surface area (Å²) in [4.78, 5) is 31.9. The second-order valence-electron chi connectivity index (χ2n) is 9.00. The summed E-state index contributed by atoms with van der Waals surface area (Å²) in [7, 11) is 0. The van der Waals surface area contributed by atoms with Crippen LogP contribution in [0.15, 0.2) is 72.8 Å². The molecule has 0 saturated carbocycles. The van der Waals surface area contributed by atoms with Gasteiger partial charge in [0.15, 0.2) is 0 Å². The lowest BCUT2D eigenvalue weighted by atomic mass is 10.1. The molecule has 2 aliphatic heterocycles. The molecule has 0 unspecified atom stereocenters. The Morgan fingerprint density at radius 3 is 2.40 bits per heavy atom. The summed E-state index contributed by atoms with van der Waals surface area (Å²) in [6.45, 7) is 5.58. The molecule has 2 amide bonds. The molecule has 2 aliphatic rings. The zero-order valence-electron chi connectivity index (χ0n) is 19.7. The molecular weight excluding hydrogens is 478 g/mol. The van der Waals surface area contributed by atoms with E-state index in [1.165, 1.54) is 5.56 Å². The van der Waals surface area contributed by atoms with Crippen molar-refractivity contribution in [2.75, 3.05) is 36.8 Å². The minimum Gasteiger partial charge on any atom is -0.368 e. The van der Waals surface area contributed by atoms with Gasteiger partial charge in [0.05, 0.1) is 5.75 Å². The van der Waals surface area contributed by atoms with Crippen molar-refractivity contribution >= 4 is 40.9 Å². The van der Waals surface area contributed by atoms with Crippen molar-refractivity contribution in [2.24, 2.45) is 0 Å². The third kappa shape index (κ3) is 5.19. The Kier molecular flexibility index (Phi) is 7.02. The van der Waals surface area contributed by atoms with E-state index in [4.69, 9.17) is 11.6 Å². The van der Waals surface area contributed by atoms with E-state index >= 15 is 0 Å². The molecule has 7 heteroatoms. The Morgan fingerprint density at radius 1 is 0.971 bits per heavy atom. The molecule has 0 spiro atoms. The standard InChI is InChI=1S/C28H28ClN3O2S/c1-20-7-12-24(29)17-25(20)30-13-15-31(16-14-30)27(34)22-8-10-23(11-9-22)28-32(26(33)19-35-28)18-21-5-3-2-4-6-21/h2-12,17,28H,13-16,18-19H2,1H3/t28-/m0/s1. The van der Waals surface area contributed by atoms with Crippen LogP contribution in [0.2, 0.25) is 5.02 Å². The quantitative estimate of drug-likeness (QED) is 0.466. The molecule has 2 saturated heterocycles. The molecule has 3 aromatic rings. The third-order valence-electron chi connectivity index (χ3n) is 6.69. The molecule has 0 radical (unpaired) electrons. The van der Waals surface area contributed by atoms with Crippen LogP contribution >= 0.6 is 23.4 Å².